The van der Waals surface area contributed by atoms with Gasteiger partial charge in [0.25, 0.3) is 0 Å². The number of rotatable bonds is 3. The van der Waals surface area contributed by atoms with Gasteiger partial charge in [-0.15, -0.1) is 0 Å². The molecule has 0 fully saturated rings. The molecule has 8 heteroatoms. The van der Waals surface area contributed by atoms with Crippen LogP contribution in [-0.2, 0) is 6.42 Å². The number of hydrogen-bond acceptors (Lipinski definition) is 4. The van der Waals surface area contributed by atoms with Crippen LogP contribution < -0.4 is 0 Å². The third kappa shape index (κ3) is 6.82. The summed E-state index contributed by atoms with van der Waals surface area (Å²) in [5.41, 5.74) is 17.1. The van der Waals surface area contributed by atoms with Crippen molar-refractivity contribution in [3.63, 3.8) is 0 Å². The van der Waals surface area contributed by atoms with E-state index in [-0.39, 0.29) is 0 Å². The molecular formula is C69H42BrN3O4. The van der Waals surface area contributed by atoms with Crippen LogP contribution in [0.2, 0.25) is 0 Å². The van der Waals surface area contributed by atoms with Gasteiger partial charge in [-0.3, -0.25) is 9.13 Å². The van der Waals surface area contributed by atoms with E-state index >= 15 is 0 Å². The van der Waals surface area contributed by atoms with Gasteiger partial charge in [-0.2, -0.15) is 0 Å². The van der Waals surface area contributed by atoms with Crippen LogP contribution in [0.5, 0.6) is 0 Å². The molecule has 7 heterocycles. The minimum atomic E-state index is 0.813. The maximum absolute atomic E-state index is 6.40. The van der Waals surface area contributed by atoms with Crippen LogP contribution in [0.1, 0.15) is 11.1 Å². The van der Waals surface area contributed by atoms with E-state index in [1.54, 1.807) is 6.26 Å². The van der Waals surface area contributed by atoms with E-state index in [1.165, 1.54) is 65.6 Å². The van der Waals surface area contributed by atoms with E-state index in [2.05, 4.69) is 193 Å². The zero-order valence-corrected chi connectivity index (χ0v) is 42.7. The molecule has 10 aromatic carbocycles. The van der Waals surface area contributed by atoms with E-state index in [0.717, 1.165) is 94.3 Å². The fraction of sp³-hybridized carbons (Fsp3) is 0.0145. The van der Waals surface area contributed by atoms with Crippen LogP contribution in [0.15, 0.2) is 265 Å². The molecule has 0 amide bonds. The zero-order valence-electron chi connectivity index (χ0n) is 41.2. The Kier molecular flexibility index (Phi) is 9.71. The lowest BCUT2D eigenvalue weighted by Crippen LogP contribution is -1.94. The number of furan rings is 4. The summed E-state index contributed by atoms with van der Waals surface area (Å²) in [5.74, 6) is 1.68. The summed E-state index contributed by atoms with van der Waals surface area (Å²) in [6.07, 6.45) is 4.56. The molecule has 18 rings (SSSR count). The molecule has 0 unspecified atom stereocenters. The first-order valence-corrected chi connectivity index (χ1v) is 26.6. The molecule has 0 aliphatic heterocycles. The number of aromatic nitrogens is 3. The highest BCUT2D eigenvalue weighted by Crippen LogP contribution is 2.44. The Hall–Kier alpha value is -9.76. The molecule has 77 heavy (non-hydrogen) atoms. The van der Waals surface area contributed by atoms with E-state index < -0.39 is 0 Å². The highest BCUT2D eigenvalue weighted by molar-refractivity contribution is 9.10. The van der Waals surface area contributed by atoms with Crippen LogP contribution in [-0.4, -0.2) is 13.7 Å². The average molecular weight is 1060 g/mol. The highest BCUT2D eigenvalue weighted by Gasteiger charge is 2.24. The number of halogens is 1. The van der Waals surface area contributed by atoms with Crippen molar-refractivity contribution in [3.8, 4) is 28.6 Å². The first-order valence-electron chi connectivity index (χ1n) is 25.8. The smallest absolute Gasteiger partial charge is 0.205 e. The molecule has 364 valence electrons. The van der Waals surface area contributed by atoms with Crippen molar-refractivity contribution >= 4 is 125 Å². The number of para-hydroxylation sites is 7. The van der Waals surface area contributed by atoms with Gasteiger partial charge in [0.2, 0.25) is 11.8 Å². The van der Waals surface area contributed by atoms with Crippen LogP contribution in [0.25, 0.3) is 138 Å². The van der Waals surface area contributed by atoms with Crippen molar-refractivity contribution in [3.05, 3.63) is 259 Å². The normalized spacial score (nSPS) is 12.2. The Morgan fingerprint density at radius 1 is 0.312 bits per heavy atom. The van der Waals surface area contributed by atoms with Gasteiger partial charge in [-0.05, 0) is 123 Å². The third-order valence-electron chi connectivity index (χ3n) is 15.5. The van der Waals surface area contributed by atoms with Crippen LogP contribution in [0, 0.1) is 0 Å². The molecule has 1 aliphatic carbocycles. The molecule has 0 radical (unpaired) electrons. The summed E-state index contributed by atoms with van der Waals surface area (Å²) in [6, 6.07) is 80.7. The Bertz CT molecular complexity index is 5120. The molecule has 0 N–H and O–H groups in total. The number of hydrogen-bond donors (Lipinski definition) is 0. The third-order valence-corrected chi connectivity index (χ3v) is 16.1. The predicted molar refractivity (Wildman–Crippen MR) is 317 cm³/mol. The fourth-order valence-electron chi connectivity index (χ4n) is 12.0. The summed E-state index contributed by atoms with van der Waals surface area (Å²) in [4.78, 5) is 0. The molecule has 17 aromatic rings. The van der Waals surface area contributed by atoms with Gasteiger partial charge in [-0.1, -0.05) is 140 Å². The maximum atomic E-state index is 6.40. The summed E-state index contributed by atoms with van der Waals surface area (Å²) < 4.78 is 31.7. The van der Waals surface area contributed by atoms with Crippen LogP contribution >= 0.6 is 15.9 Å². The van der Waals surface area contributed by atoms with Crippen molar-refractivity contribution in [2.75, 3.05) is 0 Å². The second kappa shape index (κ2) is 17.1. The predicted octanol–water partition coefficient (Wildman–Crippen LogP) is 19.7. The second-order valence-corrected chi connectivity index (χ2v) is 20.6. The standard InChI is InChI=1S/C34H20N2O2.C27H17NO.C8H5BrO/c1-7-15-32-21(9-1)17-34(38-32)36-28-14-6-3-11-23(28)26-18-25-22-10-2-5-13-27(22)35(29(25)19-30(26)36)31-20-37-33-16-8-4-12-24(31)33;1-3-9-20-17(7-1)13-19-14-25-23(16-22(19)20)21-10-4-5-11-24(21)28(25)27-15-18-8-2-6-12-26(18)29-27;9-7-5-10-8-4-2-1-3-6(7)8/h1-20H;1-12,14-16H,13H2;1-5H. The van der Waals surface area contributed by atoms with Crippen molar-refractivity contribution in [1.82, 2.24) is 13.7 Å². The maximum Gasteiger partial charge on any atom is 0.205 e. The minimum absolute atomic E-state index is 0.813. The van der Waals surface area contributed by atoms with Crippen molar-refractivity contribution in [2.24, 2.45) is 0 Å². The Balaban J connectivity index is 0.000000112. The molecule has 7 nitrogen and oxygen atoms in total. The Morgan fingerprint density at radius 3 is 1.38 bits per heavy atom. The Morgan fingerprint density at radius 2 is 0.766 bits per heavy atom. The van der Waals surface area contributed by atoms with E-state index in [0.29, 0.717) is 0 Å². The van der Waals surface area contributed by atoms with Crippen molar-refractivity contribution < 1.29 is 17.7 Å². The molecular weight excluding hydrogens is 1010 g/mol. The number of benzene rings is 10. The first-order chi connectivity index (χ1) is 38.1. The molecule has 0 atom stereocenters. The summed E-state index contributed by atoms with van der Waals surface area (Å²) in [6.45, 7) is 0. The van der Waals surface area contributed by atoms with Gasteiger partial charge >= 0.3 is 0 Å². The Labute approximate surface area is 447 Å². The topological polar surface area (TPSA) is 67.3 Å². The first kappa shape index (κ1) is 43.6. The van der Waals surface area contributed by atoms with E-state index in [1.807, 2.05) is 73.0 Å². The van der Waals surface area contributed by atoms with E-state index in [9.17, 15) is 0 Å². The largest absolute Gasteiger partial charge is 0.463 e. The quantitative estimate of drug-likeness (QED) is 0.177. The summed E-state index contributed by atoms with van der Waals surface area (Å²) >= 11 is 3.37. The molecule has 0 spiro atoms. The molecule has 0 saturated carbocycles. The van der Waals surface area contributed by atoms with Gasteiger partial charge < -0.3 is 22.2 Å². The average Bonchev–Trinajstić information content (AvgIpc) is 4.55. The molecule has 1 aliphatic rings. The number of nitrogens with zero attached hydrogens (tertiary/aromatic N) is 3. The van der Waals surface area contributed by atoms with Crippen LogP contribution in [0.3, 0.4) is 0 Å². The second-order valence-electron chi connectivity index (χ2n) is 19.7. The molecule has 0 saturated heterocycles. The molecule has 0 bridgehead atoms. The lowest BCUT2D eigenvalue weighted by atomic mass is 10.0. The lowest BCUT2D eigenvalue weighted by Gasteiger charge is -2.07. The minimum Gasteiger partial charge on any atom is -0.463 e. The SMILES string of the molecule is Brc1coc2ccccc12.c1ccc2c(c1)Cc1cc3c(cc1-2)c1ccccc1n3-c1cc2ccccc2o1.c1ccc2oc(-n3c4ccccc4c4cc5c6ccccc6n(-c6coc7ccccc67)c5cc43)cc2c1. The summed E-state index contributed by atoms with van der Waals surface area (Å²) in [7, 11) is 0. The number of fused-ring (bicyclic) bond motifs is 16. The fourth-order valence-corrected chi connectivity index (χ4v) is 12.4. The zero-order chi connectivity index (χ0) is 50.7. The van der Waals surface area contributed by atoms with Crippen molar-refractivity contribution in [1.29, 1.82) is 0 Å². The van der Waals surface area contributed by atoms with Crippen molar-refractivity contribution in [2.45, 2.75) is 6.42 Å². The van der Waals surface area contributed by atoms with Gasteiger partial charge in [0.05, 0.1) is 43.3 Å². The monoisotopic (exact) mass is 1060 g/mol. The van der Waals surface area contributed by atoms with Gasteiger partial charge in [0, 0.05) is 66.0 Å². The lowest BCUT2D eigenvalue weighted by molar-refractivity contribution is 0.589. The van der Waals surface area contributed by atoms with Gasteiger partial charge in [0.15, 0.2) is 0 Å². The van der Waals surface area contributed by atoms with Gasteiger partial charge in [-0.25, -0.2) is 0 Å². The highest BCUT2D eigenvalue weighted by atomic mass is 79.9. The summed E-state index contributed by atoms with van der Waals surface area (Å²) in [5, 5.41) is 11.8. The van der Waals surface area contributed by atoms with Crippen LogP contribution in [0.4, 0.5) is 0 Å². The van der Waals surface area contributed by atoms with Gasteiger partial charge in [0.1, 0.15) is 34.9 Å². The van der Waals surface area contributed by atoms with E-state index in [4.69, 9.17) is 17.7 Å². The molecule has 7 aromatic heterocycles.